The molecule has 0 aliphatic rings. The standard InChI is InChI=1S/C10H16ClN3/c1-2-9(12)5-6-13-10-4-3-8(11)7-14-10/h3-4,7,9H,2,5-6,12H2,1H3,(H,13,14). The van der Waals surface area contributed by atoms with Gasteiger partial charge in [-0.3, -0.25) is 0 Å². The maximum absolute atomic E-state index is 5.78. The van der Waals surface area contributed by atoms with Crippen LogP contribution in [-0.4, -0.2) is 17.6 Å². The molecule has 0 aromatic carbocycles. The minimum absolute atomic E-state index is 0.273. The smallest absolute Gasteiger partial charge is 0.125 e. The Kier molecular flexibility index (Phi) is 4.70. The van der Waals surface area contributed by atoms with Crippen LogP contribution in [0.3, 0.4) is 0 Å². The molecule has 1 atom stereocenters. The van der Waals surface area contributed by atoms with Gasteiger partial charge in [0.2, 0.25) is 0 Å². The first-order valence-electron chi connectivity index (χ1n) is 4.83. The van der Waals surface area contributed by atoms with Gasteiger partial charge in [-0.05, 0) is 25.0 Å². The van der Waals surface area contributed by atoms with Crippen LogP contribution in [-0.2, 0) is 0 Å². The Hall–Kier alpha value is -0.800. The number of aromatic nitrogens is 1. The topological polar surface area (TPSA) is 50.9 Å². The second-order valence-electron chi connectivity index (χ2n) is 3.25. The largest absolute Gasteiger partial charge is 0.370 e. The van der Waals surface area contributed by atoms with Crippen molar-refractivity contribution in [3.8, 4) is 0 Å². The van der Waals surface area contributed by atoms with Crippen LogP contribution >= 0.6 is 11.6 Å². The van der Waals surface area contributed by atoms with Crippen LogP contribution in [0, 0.1) is 0 Å². The van der Waals surface area contributed by atoms with Crippen molar-refractivity contribution in [2.75, 3.05) is 11.9 Å². The molecule has 0 saturated heterocycles. The average Bonchev–Trinajstić information content (AvgIpc) is 2.21. The molecule has 0 spiro atoms. The highest BCUT2D eigenvalue weighted by molar-refractivity contribution is 6.30. The molecule has 0 amide bonds. The van der Waals surface area contributed by atoms with E-state index in [0.29, 0.717) is 5.02 Å². The highest BCUT2D eigenvalue weighted by Crippen LogP contribution is 2.09. The molecule has 78 valence electrons. The van der Waals surface area contributed by atoms with Gasteiger partial charge in [-0.25, -0.2) is 4.98 Å². The maximum atomic E-state index is 5.78. The number of hydrogen-bond donors (Lipinski definition) is 2. The van der Waals surface area contributed by atoms with Crippen molar-refractivity contribution < 1.29 is 0 Å². The molecule has 0 aliphatic carbocycles. The van der Waals surface area contributed by atoms with E-state index in [1.807, 2.05) is 12.1 Å². The van der Waals surface area contributed by atoms with E-state index in [1.165, 1.54) is 0 Å². The third kappa shape index (κ3) is 3.94. The first-order valence-corrected chi connectivity index (χ1v) is 5.21. The van der Waals surface area contributed by atoms with Crippen LogP contribution < -0.4 is 11.1 Å². The summed E-state index contributed by atoms with van der Waals surface area (Å²) in [5, 5.41) is 3.84. The number of anilines is 1. The van der Waals surface area contributed by atoms with Gasteiger partial charge >= 0.3 is 0 Å². The molecule has 1 heterocycles. The van der Waals surface area contributed by atoms with E-state index in [0.717, 1.165) is 25.2 Å². The summed E-state index contributed by atoms with van der Waals surface area (Å²) in [6.07, 6.45) is 3.60. The van der Waals surface area contributed by atoms with Gasteiger partial charge in [0.15, 0.2) is 0 Å². The van der Waals surface area contributed by atoms with Crippen molar-refractivity contribution in [3.05, 3.63) is 23.4 Å². The fourth-order valence-corrected chi connectivity index (χ4v) is 1.18. The Bertz CT molecular complexity index is 261. The van der Waals surface area contributed by atoms with E-state index >= 15 is 0 Å². The van der Waals surface area contributed by atoms with Gasteiger partial charge in [-0.1, -0.05) is 18.5 Å². The molecule has 14 heavy (non-hydrogen) atoms. The summed E-state index contributed by atoms with van der Waals surface area (Å²) in [6.45, 7) is 2.94. The van der Waals surface area contributed by atoms with Crippen molar-refractivity contribution >= 4 is 17.4 Å². The second-order valence-corrected chi connectivity index (χ2v) is 3.68. The summed E-state index contributed by atoms with van der Waals surface area (Å²) in [5.41, 5.74) is 5.78. The average molecular weight is 214 g/mol. The fraction of sp³-hybridized carbons (Fsp3) is 0.500. The van der Waals surface area contributed by atoms with Crippen LogP contribution in [0.2, 0.25) is 5.02 Å². The quantitative estimate of drug-likeness (QED) is 0.789. The highest BCUT2D eigenvalue weighted by atomic mass is 35.5. The summed E-state index contributed by atoms with van der Waals surface area (Å²) in [4.78, 5) is 4.12. The van der Waals surface area contributed by atoms with E-state index in [4.69, 9.17) is 17.3 Å². The molecule has 3 nitrogen and oxygen atoms in total. The van der Waals surface area contributed by atoms with Gasteiger partial charge < -0.3 is 11.1 Å². The lowest BCUT2D eigenvalue weighted by atomic mass is 10.2. The molecular weight excluding hydrogens is 198 g/mol. The molecule has 3 N–H and O–H groups in total. The Labute approximate surface area is 89.7 Å². The fourth-order valence-electron chi connectivity index (χ4n) is 1.07. The first-order chi connectivity index (χ1) is 6.72. The van der Waals surface area contributed by atoms with Crippen LogP contribution in [0.5, 0.6) is 0 Å². The van der Waals surface area contributed by atoms with E-state index < -0.39 is 0 Å². The lowest BCUT2D eigenvalue weighted by Gasteiger charge is -2.09. The monoisotopic (exact) mass is 213 g/mol. The predicted octanol–water partition coefficient (Wildman–Crippen LogP) is 2.27. The molecule has 1 rings (SSSR count). The van der Waals surface area contributed by atoms with Gasteiger partial charge in [0.1, 0.15) is 5.82 Å². The number of rotatable bonds is 5. The number of nitrogens with zero attached hydrogens (tertiary/aromatic N) is 1. The summed E-state index contributed by atoms with van der Waals surface area (Å²) in [5.74, 6) is 0.845. The van der Waals surface area contributed by atoms with Crippen molar-refractivity contribution in [2.24, 2.45) is 5.73 Å². The molecule has 0 fully saturated rings. The SMILES string of the molecule is CCC(N)CCNc1ccc(Cl)cn1. The molecule has 0 aliphatic heterocycles. The number of nitrogens with two attached hydrogens (primary N) is 1. The molecular formula is C10H16ClN3. The Balaban J connectivity index is 2.28. The van der Waals surface area contributed by atoms with E-state index in [1.54, 1.807) is 6.20 Å². The molecule has 4 heteroatoms. The Morgan fingerprint density at radius 1 is 1.57 bits per heavy atom. The minimum atomic E-state index is 0.273. The van der Waals surface area contributed by atoms with Crippen LogP contribution in [0.1, 0.15) is 19.8 Å². The van der Waals surface area contributed by atoms with E-state index in [-0.39, 0.29) is 6.04 Å². The summed E-state index contributed by atoms with van der Waals surface area (Å²) < 4.78 is 0. The normalized spacial score (nSPS) is 12.5. The third-order valence-corrected chi connectivity index (χ3v) is 2.30. The van der Waals surface area contributed by atoms with Crippen molar-refractivity contribution in [1.29, 1.82) is 0 Å². The van der Waals surface area contributed by atoms with Crippen LogP contribution in [0.15, 0.2) is 18.3 Å². The molecule has 1 aromatic rings. The Morgan fingerprint density at radius 3 is 2.93 bits per heavy atom. The minimum Gasteiger partial charge on any atom is -0.370 e. The number of halogens is 1. The molecule has 0 bridgehead atoms. The predicted molar refractivity (Wildman–Crippen MR) is 60.6 cm³/mol. The maximum Gasteiger partial charge on any atom is 0.125 e. The summed E-state index contributed by atoms with van der Waals surface area (Å²) in [7, 11) is 0. The molecule has 1 unspecified atom stereocenters. The second kappa shape index (κ2) is 5.83. The van der Waals surface area contributed by atoms with E-state index in [9.17, 15) is 0 Å². The van der Waals surface area contributed by atoms with Gasteiger partial charge in [0, 0.05) is 18.8 Å². The highest BCUT2D eigenvalue weighted by Gasteiger charge is 1.98. The van der Waals surface area contributed by atoms with E-state index in [2.05, 4.69) is 17.2 Å². The number of pyridine rings is 1. The molecule has 0 radical (unpaired) electrons. The lowest BCUT2D eigenvalue weighted by molar-refractivity contribution is 0.613. The molecule has 1 aromatic heterocycles. The summed E-state index contributed by atoms with van der Waals surface area (Å²) >= 11 is 5.71. The van der Waals surface area contributed by atoms with Gasteiger partial charge in [-0.15, -0.1) is 0 Å². The zero-order valence-corrected chi connectivity index (χ0v) is 9.09. The van der Waals surface area contributed by atoms with Gasteiger partial charge in [0.05, 0.1) is 5.02 Å². The van der Waals surface area contributed by atoms with Gasteiger partial charge in [0.25, 0.3) is 0 Å². The lowest BCUT2D eigenvalue weighted by Crippen LogP contribution is -2.22. The number of hydrogen-bond acceptors (Lipinski definition) is 3. The van der Waals surface area contributed by atoms with Gasteiger partial charge in [-0.2, -0.15) is 0 Å². The number of nitrogens with one attached hydrogen (secondary N) is 1. The van der Waals surface area contributed by atoms with Crippen molar-refractivity contribution in [1.82, 2.24) is 4.98 Å². The van der Waals surface area contributed by atoms with Crippen LogP contribution in [0.4, 0.5) is 5.82 Å². The summed E-state index contributed by atoms with van der Waals surface area (Å²) in [6, 6.07) is 3.95. The zero-order valence-electron chi connectivity index (χ0n) is 8.33. The van der Waals surface area contributed by atoms with Crippen LogP contribution in [0.25, 0.3) is 0 Å². The molecule has 0 saturated carbocycles. The van der Waals surface area contributed by atoms with Crippen molar-refractivity contribution in [2.45, 2.75) is 25.8 Å². The first kappa shape index (κ1) is 11.3. The Morgan fingerprint density at radius 2 is 2.36 bits per heavy atom. The van der Waals surface area contributed by atoms with Crippen molar-refractivity contribution in [3.63, 3.8) is 0 Å². The third-order valence-electron chi connectivity index (χ3n) is 2.07. The zero-order chi connectivity index (χ0) is 10.4.